The molecule has 1 aromatic rings. The summed E-state index contributed by atoms with van der Waals surface area (Å²) in [5, 5.41) is 0. The molecule has 114 valence electrons. The SMILES string of the molecule is C1=CCN(CCCCCCC2CCc3ccccc32)CC1. The maximum absolute atomic E-state index is 2.59. The molecule has 1 aliphatic heterocycles. The van der Waals surface area contributed by atoms with E-state index in [4.69, 9.17) is 0 Å². The number of aryl methyl sites for hydroxylation is 1. The van der Waals surface area contributed by atoms with Gasteiger partial charge in [-0.1, -0.05) is 55.7 Å². The lowest BCUT2D eigenvalue weighted by atomic mass is 9.95. The second kappa shape index (κ2) is 7.79. The van der Waals surface area contributed by atoms with Crippen molar-refractivity contribution < 1.29 is 0 Å². The highest BCUT2D eigenvalue weighted by Crippen LogP contribution is 2.36. The van der Waals surface area contributed by atoms with Gasteiger partial charge in [0.15, 0.2) is 0 Å². The zero-order chi connectivity index (χ0) is 14.3. The predicted octanol–water partition coefficient (Wildman–Crippen LogP) is 4.93. The van der Waals surface area contributed by atoms with Crippen LogP contribution in [0.2, 0.25) is 0 Å². The Morgan fingerprint density at radius 1 is 1.00 bits per heavy atom. The highest BCUT2D eigenvalue weighted by molar-refractivity contribution is 5.34. The van der Waals surface area contributed by atoms with Crippen LogP contribution in [0.3, 0.4) is 0 Å². The minimum absolute atomic E-state index is 0.855. The minimum Gasteiger partial charge on any atom is -0.299 e. The van der Waals surface area contributed by atoms with Crippen LogP contribution in [0.1, 0.15) is 62.0 Å². The number of hydrogen-bond acceptors (Lipinski definition) is 1. The Bertz CT molecular complexity index is 463. The molecule has 21 heavy (non-hydrogen) atoms. The molecule has 1 atom stereocenters. The molecule has 0 saturated heterocycles. The monoisotopic (exact) mass is 283 g/mol. The minimum atomic E-state index is 0.855. The standard InChI is InChI=1S/C20H29N/c1(2-7-15-21-16-8-3-9-17-21)4-10-18-13-14-19-11-5-6-12-20(18)19/h3,5-6,8,11-12,18H,1-2,4,7,9-10,13-17H2. The molecular formula is C20H29N. The van der Waals surface area contributed by atoms with Gasteiger partial charge in [0, 0.05) is 13.1 Å². The molecule has 1 heteroatoms. The quantitative estimate of drug-likeness (QED) is 0.506. The van der Waals surface area contributed by atoms with Crippen LogP contribution in [-0.4, -0.2) is 24.5 Å². The number of fused-ring (bicyclic) bond motifs is 1. The average molecular weight is 283 g/mol. The van der Waals surface area contributed by atoms with Crippen LogP contribution < -0.4 is 0 Å². The number of nitrogens with zero attached hydrogens (tertiary/aromatic N) is 1. The molecule has 1 heterocycles. The van der Waals surface area contributed by atoms with Gasteiger partial charge in [0.25, 0.3) is 0 Å². The fraction of sp³-hybridized carbons (Fsp3) is 0.600. The fourth-order valence-electron chi connectivity index (χ4n) is 3.92. The van der Waals surface area contributed by atoms with Gasteiger partial charge in [-0.2, -0.15) is 0 Å². The van der Waals surface area contributed by atoms with E-state index in [9.17, 15) is 0 Å². The molecule has 1 aliphatic carbocycles. The van der Waals surface area contributed by atoms with Gasteiger partial charge in [0.1, 0.15) is 0 Å². The topological polar surface area (TPSA) is 3.24 Å². The van der Waals surface area contributed by atoms with Crippen LogP contribution in [0.25, 0.3) is 0 Å². The highest BCUT2D eigenvalue weighted by atomic mass is 15.1. The van der Waals surface area contributed by atoms with Gasteiger partial charge in [-0.3, -0.25) is 4.90 Å². The van der Waals surface area contributed by atoms with Crippen LogP contribution in [0.15, 0.2) is 36.4 Å². The Morgan fingerprint density at radius 2 is 1.90 bits per heavy atom. The van der Waals surface area contributed by atoms with Crippen molar-refractivity contribution in [1.82, 2.24) is 4.90 Å². The first-order valence-electron chi connectivity index (χ1n) is 8.88. The van der Waals surface area contributed by atoms with Crippen molar-refractivity contribution in [3.63, 3.8) is 0 Å². The van der Waals surface area contributed by atoms with Crippen molar-refractivity contribution >= 4 is 0 Å². The lowest BCUT2D eigenvalue weighted by Crippen LogP contribution is -2.28. The first-order valence-corrected chi connectivity index (χ1v) is 8.88. The largest absolute Gasteiger partial charge is 0.299 e. The van der Waals surface area contributed by atoms with Crippen molar-refractivity contribution in [3.8, 4) is 0 Å². The summed E-state index contributed by atoms with van der Waals surface area (Å²) in [6.07, 6.45) is 15.6. The molecule has 1 nitrogen and oxygen atoms in total. The normalized spacial score (nSPS) is 21.6. The molecule has 0 amide bonds. The van der Waals surface area contributed by atoms with Crippen molar-refractivity contribution in [3.05, 3.63) is 47.5 Å². The summed E-state index contributed by atoms with van der Waals surface area (Å²) in [4.78, 5) is 2.59. The van der Waals surface area contributed by atoms with Crippen LogP contribution in [0.4, 0.5) is 0 Å². The van der Waals surface area contributed by atoms with E-state index in [1.165, 1.54) is 71.0 Å². The van der Waals surface area contributed by atoms with Gasteiger partial charge >= 0.3 is 0 Å². The molecule has 0 radical (unpaired) electrons. The van der Waals surface area contributed by atoms with E-state index >= 15 is 0 Å². The van der Waals surface area contributed by atoms with Gasteiger partial charge < -0.3 is 0 Å². The van der Waals surface area contributed by atoms with Gasteiger partial charge in [-0.25, -0.2) is 0 Å². The molecule has 3 rings (SSSR count). The second-order valence-electron chi connectivity index (χ2n) is 6.70. The molecule has 0 fully saturated rings. The molecular weight excluding hydrogens is 254 g/mol. The summed E-state index contributed by atoms with van der Waals surface area (Å²) >= 11 is 0. The third-order valence-corrected chi connectivity index (χ3v) is 5.18. The predicted molar refractivity (Wildman–Crippen MR) is 90.8 cm³/mol. The van der Waals surface area contributed by atoms with E-state index < -0.39 is 0 Å². The number of unbranched alkanes of at least 4 members (excludes halogenated alkanes) is 3. The fourth-order valence-corrected chi connectivity index (χ4v) is 3.92. The lowest BCUT2D eigenvalue weighted by Gasteiger charge is -2.22. The van der Waals surface area contributed by atoms with E-state index in [0.29, 0.717) is 0 Å². The summed E-state index contributed by atoms with van der Waals surface area (Å²) < 4.78 is 0. The highest BCUT2D eigenvalue weighted by Gasteiger charge is 2.20. The average Bonchev–Trinajstić information content (AvgIpc) is 2.95. The van der Waals surface area contributed by atoms with E-state index in [2.05, 4.69) is 41.3 Å². The molecule has 1 aromatic carbocycles. The van der Waals surface area contributed by atoms with Crippen LogP contribution in [0, 0.1) is 0 Å². The maximum Gasteiger partial charge on any atom is 0.0163 e. The van der Waals surface area contributed by atoms with Gasteiger partial charge in [-0.05, 0) is 55.7 Å². The van der Waals surface area contributed by atoms with E-state index in [0.717, 1.165) is 5.92 Å². The first-order chi connectivity index (χ1) is 10.4. The molecule has 0 bridgehead atoms. The third-order valence-electron chi connectivity index (χ3n) is 5.18. The second-order valence-corrected chi connectivity index (χ2v) is 6.70. The summed E-state index contributed by atoms with van der Waals surface area (Å²) in [5.74, 6) is 0.855. The Kier molecular flexibility index (Phi) is 5.51. The third kappa shape index (κ3) is 4.20. The number of hydrogen-bond donors (Lipinski definition) is 0. The van der Waals surface area contributed by atoms with Crippen LogP contribution in [-0.2, 0) is 6.42 Å². The smallest absolute Gasteiger partial charge is 0.0163 e. The summed E-state index contributed by atoms with van der Waals surface area (Å²) in [6, 6.07) is 9.08. The zero-order valence-corrected chi connectivity index (χ0v) is 13.3. The lowest BCUT2D eigenvalue weighted by molar-refractivity contribution is 0.290. The summed E-state index contributed by atoms with van der Waals surface area (Å²) in [5.41, 5.74) is 3.26. The van der Waals surface area contributed by atoms with E-state index in [-0.39, 0.29) is 0 Å². The van der Waals surface area contributed by atoms with Gasteiger partial charge in [-0.15, -0.1) is 0 Å². The molecule has 1 unspecified atom stereocenters. The Hall–Kier alpha value is -1.08. The Morgan fingerprint density at radius 3 is 2.81 bits per heavy atom. The first kappa shape index (κ1) is 14.8. The van der Waals surface area contributed by atoms with E-state index in [1.807, 2.05) is 0 Å². The van der Waals surface area contributed by atoms with E-state index in [1.54, 1.807) is 11.1 Å². The molecule has 0 aromatic heterocycles. The van der Waals surface area contributed by atoms with Crippen molar-refractivity contribution in [2.24, 2.45) is 0 Å². The molecule has 0 N–H and O–H groups in total. The summed E-state index contributed by atoms with van der Waals surface area (Å²) in [6.45, 7) is 3.75. The van der Waals surface area contributed by atoms with Crippen LogP contribution >= 0.6 is 0 Å². The summed E-state index contributed by atoms with van der Waals surface area (Å²) in [7, 11) is 0. The van der Waals surface area contributed by atoms with Crippen LogP contribution in [0.5, 0.6) is 0 Å². The van der Waals surface area contributed by atoms with Crippen molar-refractivity contribution in [2.75, 3.05) is 19.6 Å². The van der Waals surface area contributed by atoms with Crippen molar-refractivity contribution in [1.29, 1.82) is 0 Å². The van der Waals surface area contributed by atoms with Gasteiger partial charge in [0.2, 0.25) is 0 Å². The van der Waals surface area contributed by atoms with Gasteiger partial charge in [0.05, 0.1) is 0 Å². The maximum atomic E-state index is 2.59. The van der Waals surface area contributed by atoms with Crippen molar-refractivity contribution in [2.45, 2.75) is 57.3 Å². The molecule has 2 aliphatic rings. The number of benzene rings is 1. The Labute approximate surface area is 130 Å². The zero-order valence-electron chi connectivity index (χ0n) is 13.3. The molecule has 0 saturated carbocycles. The number of rotatable bonds is 7. The Balaban J connectivity index is 1.28. The molecule has 0 spiro atoms.